The lowest BCUT2D eigenvalue weighted by molar-refractivity contribution is -0.141. The normalized spacial score (nSPS) is 16.7. The van der Waals surface area contributed by atoms with Gasteiger partial charge in [0.15, 0.2) is 0 Å². The topological polar surface area (TPSA) is 73.2 Å². The van der Waals surface area contributed by atoms with Crippen LogP contribution in [0.3, 0.4) is 0 Å². The molecule has 0 saturated carbocycles. The lowest BCUT2D eigenvalue weighted by Gasteiger charge is -2.10. The maximum Gasteiger partial charge on any atom is 0.328 e. The molecule has 1 aromatic heterocycles. The first-order chi connectivity index (χ1) is 12.1. The van der Waals surface area contributed by atoms with Crippen LogP contribution < -0.4 is 5.32 Å². The summed E-state index contributed by atoms with van der Waals surface area (Å²) in [5.41, 5.74) is 2.03. The summed E-state index contributed by atoms with van der Waals surface area (Å²) in [6.07, 6.45) is 2.83. The molecule has 0 spiro atoms. The summed E-state index contributed by atoms with van der Waals surface area (Å²) in [5, 5.41) is 6.83. The summed E-state index contributed by atoms with van der Waals surface area (Å²) in [6.45, 7) is 2.93. The van der Waals surface area contributed by atoms with Gasteiger partial charge in [-0.15, -0.1) is 0 Å². The van der Waals surface area contributed by atoms with Crippen LogP contribution in [0, 0.1) is 5.82 Å². The van der Waals surface area contributed by atoms with Gasteiger partial charge in [-0.2, -0.15) is 5.10 Å². The summed E-state index contributed by atoms with van der Waals surface area (Å²) in [7, 11) is 0. The number of cyclic esters (lactones) is 1. The molecule has 1 aliphatic heterocycles. The number of aryl methyl sites for hydroxylation is 2. The second-order valence-electron chi connectivity index (χ2n) is 5.92. The zero-order valence-electron chi connectivity index (χ0n) is 14.0. The molecule has 0 unspecified atom stereocenters. The van der Waals surface area contributed by atoms with Gasteiger partial charge in [0.2, 0.25) is 5.91 Å². The van der Waals surface area contributed by atoms with Crippen LogP contribution >= 0.6 is 0 Å². The molecule has 1 saturated heterocycles. The Morgan fingerprint density at radius 2 is 2.28 bits per heavy atom. The number of rotatable bonds is 6. The van der Waals surface area contributed by atoms with Crippen LogP contribution in [0.25, 0.3) is 11.3 Å². The number of hydrogen-bond donors (Lipinski definition) is 1. The van der Waals surface area contributed by atoms with Crippen molar-refractivity contribution >= 4 is 11.9 Å². The van der Waals surface area contributed by atoms with Crippen LogP contribution in [0.1, 0.15) is 25.3 Å². The number of amides is 1. The molecule has 0 bridgehead atoms. The number of carbonyl (C=O) groups excluding carboxylic acids is 2. The number of ether oxygens (including phenoxy) is 1. The third-order valence-corrected chi connectivity index (χ3v) is 4.23. The molecule has 3 rings (SSSR count). The SMILES string of the molecule is CCn1nccc1-c1cc(CCC(=O)N[C@@H]2CCOC2=O)ccc1F. The maximum atomic E-state index is 14.2. The second kappa shape index (κ2) is 7.46. The van der Waals surface area contributed by atoms with Gasteiger partial charge < -0.3 is 10.1 Å². The number of benzene rings is 1. The third kappa shape index (κ3) is 3.87. The number of esters is 1. The minimum Gasteiger partial charge on any atom is -0.464 e. The van der Waals surface area contributed by atoms with E-state index in [0.717, 1.165) is 5.56 Å². The molecule has 25 heavy (non-hydrogen) atoms. The van der Waals surface area contributed by atoms with Gasteiger partial charge in [0.05, 0.1) is 12.3 Å². The molecule has 1 aromatic carbocycles. The van der Waals surface area contributed by atoms with E-state index >= 15 is 0 Å². The highest BCUT2D eigenvalue weighted by atomic mass is 19.1. The highest BCUT2D eigenvalue weighted by Gasteiger charge is 2.27. The average molecular weight is 345 g/mol. The molecule has 1 N–H and O–H groups in total. The Labute approximate surface area is 145 Å². The Morgan fingerprint density at radius 3 is 3.00 bits per heavy atom. The zero-order chi connectivity index (χ0) is 17.8. The monoisotopic (exact) mass is 345 g/mol. The first-order valence-electron chi connectivity index (χ1n) is 8.35. The number of aromatic nitrogens is 2. The van der Waals surface area contributed by atoms with Crippen molar-refractivity contribution in [1.29, 1.82) is 0 Å². The van der Waals surface area contributed by atoms with Crippen LogP contribution in [-0.4, -0.2) is 34.3 Å². The molecule has 7 heteroatoms. The molecule has 2 aromatic rings. The molecule has 1 fully saturated rings. The molecule has 6 nitrogen and oxygen atoms in total. The molecular formula is C18H20FN3O3. The molecule has 0 radical (unpaired) electrons. The van der Waals surface area contributed by atoms with Crippen molar-refractivity contribution in [2.45, 2.75) is 38.8 Å². The van der Waals surface area contributed by atoms with Crippen molar-refractivity contribution in [3.05, 3.63) is 41.8 Å². The standard InChI is InChI=1S/C18H20FN3O3/c1-2-22-16(7-9-20-22)13-11-12(3-5-14(13)19)4-6-17(23)21-15-8-10-25-18(15)24/h3,5,7,9,11,15H,2,4,6,8,10H2,1H3,(H,21,23)/t15-/m1/s1. The zero-order valence-corrected chi connectivity index (χ0v) is 14.0. The van der Waals surface area contributed by atoms with Crippen molar-refractivity contribution in [1.82, 2.24) is 15.1 Å². The first-order valence-corrected chi connectivity index (χ1v) is 8.35. The van der Waals surface area contributed by atoms with Gasteiger partial charge in [0, 0.05) is 31.1 Å². The van der Waals surface area contributed by atoms with E-state index < -0.39 is 6.04 Å². The Balaban J connectivity index is 1.66. The number of nitrogens with one attached hydrogen (secondary N) is 1. The fourth-order valence-electron chi connectivity index (χ4n) is 2.89. The Bertz CT molecular complexity index is 788. The average Bonchev–Trinajstić information content (AvgIpc) is 3.23. The number of hydrogen-bond acceptors (Lipinski definition) is 4. The Hall–Kier alpha value is -2.70. The summed E-state index contributed by atoms with van der Waals surface area (Å²) in [6, 6.07) is 6.04. The lowest BCUT2D eigenvalue weighted by atomic mass is 10.0. The van der Waals surface area contributed by atoms with Gasteiger partial charge in [-0.25, -0.2) is 9.18 Å². The molecule has 1 atom stereocenters. The van der Waals surface area contributed by atoms with Gasteiger partial charge in [0.1, 0.15) is 11.9 Å². The van der Waals surface area contributed by atoms with E-state index in [-0.39, 0.29) is 24.1 Å². The first kappa shape index (κ1) is 17.1. The predicted octanol–water partition coefficient (Wildman–Crippen LogP) is 2.07. The summed E-state index contributed by atoms with van der Waals surface area (Å²) in [5.74, 6) is -0.921. The van der Waals surface area contributed by atoms with Gasteiger partial charge in [-0.1, -0.05) is 6.07 Å². The summed E-state index contributed by atoms with van der Waals surface area (Å²) < 4.78 is 20.7. The van der Waals surface area contributed by atoms with E-state index in [1.807, 2.05) is 6.92 Å². The summed E-state index contributed by atoms with van der Waals surface area (Å²) >= 11 is 0. The van der Waals surface area contributed by atoms with E-state index in [4.69, 9.17) is 4.74 Å². The smallest absolute Gasteiger partial charge is 0.328 e. The quantitative estimate of drug-likeness (QED) is 0.814. The van der Waals surface area contributed by atoms with E-state index in [1.54, 1.807) is 29.1 Å². The van der Waals surface area contributed by atoms with E-state index in [9.17, 15) is 14.0 Å². The van der Waals surface area contributed by atoms with Gasteiger partial charge in [-0.3, -0.25) is 9.48 Å². The maximum absolute atomic E-state index is 14.2. The Kier molecular flexibility index (Phi) is 5.11. The molecule has 0 aliphatic carbocycles. The fourth-order valence-corrected chi connectivity index (χ4v) is 2.89. The largest absolute Gasteiger partial charge is 0.464 e. The lowest BCUT2D eigenvalue weighted by Crippen LogP contribution is -2.37. The minimum absolute atomic E-state index is 0.215. The fraction of sp³-hybridized carbons (Fsp3) is 0.389. The minimum atomic E-state index is -0.546. The highest BCUT2D eigenvalue weighted by molar-refractivity contribution is 5.85. The van der Waals surface area contributed by atoms with Crippen LogP contribution in [0.5, 0.6) is 0 Å². The van der Waals surface area contributed by atoms with Crippen molar-refractivity contribution in [2.24, 2.45) is 0 Å². The van der Waals surface area contributed by atoms with Crippen molar-refractivity contribution in [2.75, 3.05) is 6.61 Å². The van der Waals surface area contributed by atoms with E-state index in [2.05, 4.69) is 10.4 Å². The van der Waals surface area contributed by atoms with Crippen LogP contribution in [0.15, 0.2) is 30.5 Å². The molecular weight excluding hydrogens is 325 g/mol. The number of carbonyl (C=O) groups is 2. The number of halogens is 1. The molecule has 1 aliphatic rings. The Morgan fingerprint density at radius 1 is 1.44 bits per heavy atom. The second-order valence-corrected chi connectivity index (χ2v) is 5.92. The summed E-state index contributed by atoms with van der Waals surface area (Å²) in [4.78, 5) is 23.4. The molecule has 2 heterocycles. The molecule has 1 amide bonds. The van der Waals surface area contributed by atoms with Crippen molar-refractivity contribution in [3.63, 3.8) is 0 Å². The molecule has 132 valence electrons. The van der Waals surface area contributed by atoms with Crippen molar-refractivity contribution in [3.8, 4) is 11.3 Å². The van der Waals surface area contributed by atoms with Gasteiger partial charge >= 0.3 is 5.97 Å². The van der Waals surface area contributed by atoms with E-state index in [1.165, 1.54) is 6.07 Å². The predicted molar refractivity (Wildman–Crippen MR) is 89.1 cm³/mol. The van der Waals surface area contributed by atoms with Crippen LogP contribution in [0.4, 0.5) is 4.39 Å². The highest BCUT2D eigenvalue weighted by Crippen LogP contribution is 2.24. The van der Waals surface area contributed by atoms with E-state index in [0.29, 0.717) is 37.3 Å². The number of nitrogens with zero attached hydrogens (tertiary/aromatic N) is 2. The van der Waals surface area contributed by atoms with Gasteiger partial charge in [-0.05, 0) is 37.1 Å². The van der Waals surface area contributed by atoms with Crippen molar-refractivity contribution < 1.29 is 18.7 Å². The van der Waals surface area contributed by atoms with Crippen LogP contribution in [-0.2, 0) is 27.3 Å². The van der Waals surface area contributed by atoms with Gasteiger partial charge in [0.25, 0.3) is 0 Å². The van der Waals surface area contributed by atoms with Crippen LogP contribution in [0.2, 0.25) is 0 Å². The third-order valence-electron chi connectivity index (χ3n) is 4.23.